The van der Waals surface area contributed by atoms with E-state index in [-0.39, 0.29) is 17.5 Å². The zero-order valence-corrected chi connectivity index (χ0v) is 9.79. The van der Waals surface area contributed by atoms with Gasteiger partial charge in [-0.3, -0.25) is 4.79 Å². The Morgan fingerprint density at radius 1 is 1.38 bits per heavy atom. The highest BCUT2D eigenvalue weighted by atomic mass is 19.1. The summed E-state index contributed by atoms with van der Waals surface area (Å²) in [4.78, 5) is 12.1. The molecule has 0 N–H and O–H groups in total. The van der Waals surface area contributed by atoms with Crippen LogP contribution in [0, 0.1) is 24.6 Å². The molecule has 0 aliphatic heterocycles. The summed E-state index contributed by atoms with van der Waals surface area (Å²) in [5, 5.41) is 0. The number of Topliss-reactive ketones (excluding diaryl/α,β-unsaturated/α-hetero) is 1. The Labute approximate surface area is 95.7 Å². The number of rotatable bonds is 2. The molecule has 0 spiro atoms. The molecule has 1 aliphatic carbocycles. The minimum absolute atomic E-state index is 0.108. The molecule has 1 saturated carbocycles. The van der Waals surface area contributed by atoms with E-state index in [0.717, 1.165) is 19.3 Å². The van der Waals surface area contributed by atoms with Crippen LogP contribution in [0.2, 0.25) is 0 Å². The fourth-order valence-corrected chi connectivity index (χ4v) is 2.43. The summed E-state index contributed by atoms with van der Waals surface area (Å²) in [5.74, 6) is 0.571. The average Bonchev–Trinajstić information content (AvgIpc) is 2.68. The van der Waals surface area contributed by atoms with Crippen LogP contribution in [-0.2, 0) is 0 Å². The third-order valence-electron chi connectivity index (χ3n) is 3.52. The van der Waals surface area contributed by atoms with Crippen LogP contribution in [0.5, 0.6) is 0 Å². The number of benzene rings is 1. The molecule has 1 aliphatic rings. The van der Waals surface area contributed by atoms with Gasteiger partial charge in [0.25, 0.3) is 0 Å². The van der Waals surface area contributed by atoms with Crippen molar-refractivity contribution in [3.8, 4) is 0 Å². The maximum atomic E-state index is 13.4. The van der Waals surface area contributed by atoms with Crippen LogP contribution in [0.15, 0.2) is 18.2 Å². The van der Waals surface area contributed by atoms with Crippen LogP contribution in [0.1, 0.15) is 42.1 Å². The van der Waals surface area contributed by atoms with Crippen LogP contribution in [0.4, 0.5) is 4.39 Å². The highest BCUT2D eigenvalue weighted by Gasteiger charge is 2.28. The van der Waals surface area contributed by atoms with Gasteiger partial charge in [-0.2, -0.15) is 0 Å². The van der Waals surface area contributed by atoms with Gasteiger partial charge in [0.15, 0.2) is 5.78 Å². The summed E-state index contributed by atoms with van der Waals surface area (Å²) < 4.78 is 13.4. The first-order valence-corrected chi connectivity index (χ1v) is 5.88. The van der Waals surface area contributed by atoms with Crippen molar-refractivity contribution < 1.29 is 9.18 Å². The van der Waals surface area contributed by atoms with Crippen molar-refractivity contribution in [1.82, 2.24) is 0 Å². The molecule has 1 nitrogen and oxygen atoms in total. The zero-order chi connectivity index (χ0) is 11.7. The molecule has 2 rings (SSSR count). The van der Waals surface area contributed by atoms with Gasteiger partial charge in [-0.25, -0.2) is 4.39 Å². The van der Waals surface area contributed by atoms with E-state index in [2.05, 4.69) is 6.92 Å². The van der Waals surface area contributed by atoms with E-state index in [4.69, 9.17) is 0 Å². The number of ketones is 1. The van der Waals surface area contributed by atoms with Gasteiger partial charge >= 0.3 is 0 Å². The summed E-state index contributed by atoms with van der Waals surface area (Å²) >= 11 is 0. The molecule has 86 valence electrons. The lowest BCUT2D eigenvalue weighted by Gasteiger charge is -2.09. The quantitative estimate of drug-likeness (QED) is 0.694. The van der Waals surface area contributed by atoms with E-state index in [0.29, 0.717) is 17.0 Å². The summed E-state index contributed by atoms with van der Waals surface area (Å²) in [6.45, 7) is 3.88. The van der Waals surface area contributed by atoms with Gasteiger partial charge in [-0.15, -0.1) is 0 Å². The van der Waals surface area contributed by atoms with Crippen molar-refractivity contribution in [1.29, 1.82) is 0 Å². The normalized spacial score (nSPS) is 24.7. The summed E-state index contributed by atoms with van der Waals surface area (Å²) in [5.41, 5.74) is 1.12. The lowest BCUT2D eigenvalue weighted by atomic mass is 9.95. The molecular formula is C14H17FO. The van der Waals surface area contributed by atoms with Gasteiger partial charge in [0, 0.05) is 11.5 Å². The standard InChI is InChI=1S/C14H17FO/c1-9-3-5-11(7-9)14(16)12-6-4-10(2)13(15)8-12/h4,6,8-9,11H,3,5,7H2,1-2H3. The van der Waals surface area contributed by atoms with E-state index < -0.39 is 0 Å². The molecule has 1 aromatic rings. The maximum Gasteiger partial charge on any atom is 0.166 e. The summed E-state index contributed by atoms with van der Waals surface area (Å²) in [6, 6.07) is 4.80. The molecule has 0 aromatic heterocycles. The Morgan fingerprint density at radius 2 is 2.12 bits per heavy atom. The fraction of sp³-hybridized carbons (Fsp3) is 0.500. The second-order valence-corrected chi connectivity index (χ2v) is 4.94. The molecule has 0 saturated heterocycles. The molecular weight excluding hydrogens is 203 g/mol. The first-order chi connectivity index (χ1) is 7.58. The number of hydrogen-bond donors (Lipinski definition) is 0. The molecule has 2 heteroatoms. The Bertz CT molecular complexity index is 411. The molecule has 1 aromatic carbocycles. The first-order valence-electron chi connectivity index (χ1n) is 5.88. The molecule has 0 radical (unpaired) electrons. The van der Waals surface area contributed by atoms with E-state index >= 15 is 0 Å². The molecule has 2 atom stereocenters. The van der Waals surface area contributed by atoms with Crippen LogP contribution in [0.25, 0.3) is 0 Å². The van der Waals surface area contributed by atoms with Gasteiger partial charge in [0.1, 0.15) is 5.82 Å². The Hall–Kier alpha value is -1.18. The second-order valence-electron chi connectivity index (χ2n) is 4.94. The van der Waals surface area contributed by atoms with Gasteiger partial charge in [0.2, 0.25) is 0 Å². The van der Waals surface area contributed by atoms with Crippen molar-refractivity contribution in [3.05, 3.63) is 35.1 Å². The molecule has 2 unspecified atom stereocenters. The molecule has 0 amide bonds. The fourth-order valence-electron chi connectivity index (χ4n) is 2.43. The number of halogens is 1. The predicted octanol–water partition coefficient (Wildman–Crippen LogP) is 3.75. The van der Waals surface area contributed by atoms with Crippen LogP contribution in [-0.4, -0.2) is 5.78 Å². The monoisotopic (exact) mass is 220 g/mol. The van der Waals surface area contributed by atoms with Crippen molar-refractivity contribution in [2.75, 3.05) is 0 Å². The third kappa shape index (κ3) is 2.16. The van der Waals surface area contributed by atoms with Crippen LogP contribution in [0.3, 0.4) is 0 Å². The van der Waals surface area contributed by atoms with Gasteiger partial charge < -0.3 is 0 Å². The van der Waals surface area contributed by atoms with Crippen molar-refractivity contribution >= 4 is 5.78 Å². The first kappa shape index (κ1) is 11.3. The number of carbonyl (C=O) groups excluding carboxylic acids is 1. The van der Waals surface area contributed by atoms with Gasteiger partial charge in [-0.05, 0) is 43.7 Å². The Kier molecular flexibility index (Phi) is 3.08. The van der Waals surface area contributed by atoms with E-state index in [1.165, 1.54) is 6.07 Å². The van der Waals surface area contributed by atoms with Gasteiger partial charge in [0.05, 0.1) is 0 Å². The average molecular weight is 220 g/mol. The van der Waals surface area contributed by atoms with E-state index in [9.17, 15) is 9.18 Å². The SMILES string of the molecule is Cc1ccc(C(=O)C2CCC(C)C2)cc1F. The smallest absolute Gasteiger partial charge is 0.166 e. The molecule has 0 bridgehead atoms. The number of carbonyl (C=O) groups is 1. The summed E-state index contributed by atoms with van der Waals surface area (Å²) in [6.07, 6.45) is 3.02. The van der Waals surface area contributed by atoms with Crippen molar-refractivity contribution in [2.45, 2.75) is 33.1 Å². The minimum Gasteiger partial charge on any atom is -0.294 e. The largest absolute Gasteiger partial charge is 0.294 e. The number of aryl methyl sites for hydroxylation is 1. The summed E-state index contributed by atoms with van der Waals surface area (Å²) in [7, 11) is 0. The highest BCUT2D eigenvalue weighted by Crippen LogP contribution is 2.32. The van der Waals surface area contributed by atoms with Crippen LogP contribution < -0.4 is 0 Å². The highest BCUT2D eigenvalue weighted by molar-refractivity contribution is 5.98. The van der Waals surface area contributed by atoms with Crippen LogP contribution >= 0.6 is 0 Å². The van der Waals surface area contributed by atoms with Crippen molar-refractivity contribution in [3.63, 3.8) is 0 Å². The van der Waals surface area contributed by atoms with Gasteiger partial charge in [-0.1, -0.05) is 19.1 Å². The lowest BCUT2D eigenvalue weighted by molar-refractivity contribution is 0.0920. The van der Waals surface area contributed by atoms with Crippen molar-refractivity contribution in [2.24, 2.45) is 11.8 Å². The maximum absolute atomic E-state index is 13.4. The van der Waals surface area contributed by atoms with E-state index in [1.54, 1.807) is 19.1 Å². The second kappa shape index (κ2) is 4.36. The predicted molar refractivity (Wildman–Crippen MR) is 62.0 cm³/mol. The topological polar surface area (TPSA) is 17.1 Å². The third-order valence-corrected chi connectivity index (χ3v) is 3.52. The Balaban J connectivity index is 2.18. The minimum atomic E-state index is -0.281. The lowest BCUT2D eigenvalue weighted by Crippen LogP contribution is -2.12. The molecule has 16 heavy (non-hydrogen) atoms. The molecule has 0 heterocycles. The number of hydrogen-bond acceptors (Lipinski definition) is 1. The zero-order valence-electron chi connectivity index (χ0n) is 9.79. The Morgan fingerprint density at radius 3 is 2.69 bits per heavy atom. The van der Waals surface area contributed by atoms with E-state index in [1.807, 2.05) is 0 Å². The molecule has 1 fully saturated rings.